The van der Waals surface area contributed by atoms with Crippen LogP contribution in [0.2, 0.25) is 0 Å². The van der Waals surface area contributed by atoms with Crippen molar-refractivity contribution in [1.29, 1.82) is 0 Å². The van der Waals surface area contributed by atoms with Gasteiger partial charge < -0.3 is 11.5 Å². The van der Waals surface area contributed by atoms with Crippen molar-refractivity contribution >= 4 is 31.9 Å². The Morgan fingerprint density at radius 3 is 1.18 bits per heavy atom. The summed E-state index contributed by atoms with van der Waals surface area (Å²) in [6.45, 7) is 9.29. The zero-order chi connectivity index (χ0) is 24.6. The van der Waals surface area contributed by atoms with Gasteiger partial charge in [0, 0.05) is 0 Å². The molecule has 0 amide bonds. The Bertz CT molecular complexity index is 496. The smallest absolute Gasteiger partial charge is 0.0802 e. The van der Waals surface area contributed by atoms with Crippen LogP contribution in [0.25, 0.3) is 0 Å². The summed E-state index contributed by atoms with van der Waals surface area (Å²) in [5.74, 6) is 1.03. The molecule has 2 nitrogen and oxygen atoms in total. The largest absolute Gasteiger partial charge is 0.316 e. The van der Waals surface area contributed by atoms with Crippen LogP contribution < -0.4 is 11.5 Å². The lowest BCUT2D eigenvalue weighted by molar-refractivity contribution is 0.0103. The Kier molecular flexibility index (Phi) is 12.3. The minimum Gasteiger partial charge on any atom is -0.316 e. The van der Waals surface area contributed by atoms with E-state index in [0.29, 0.717) is 11.8 Å². The van der Waals surface area contributed by atoms with E-state index in [4.69, 9.17) is 11.5 Å². The van der Waals surface area contributed by atoms with Gasteiger partial charge in [-0.25, -0.2) is 0 Å². The van der Waals surface area contributed by atoms with Gasteiger partial charge in [0.05, 0.1) is 8.90 Å². The van der Waals surface area contributed by atoms with E-state index in [-0.39, 0.29) is 19.7 Å². The normalized spacial score (nSPS) is 33.8. The lowest BCUT2D eigenvalue weighted by Crippen LogP contribution is -2.62. The summed E-state index contributed by atoms with van der Waals surface area (Å²) in [5, 5.41) is 0. The number of nitrogens with two attached hydrogens (primary N) is 2. The van der Waals surface area contributed by atoms with E-state index < -0.39 is 0 Å². The number of alkyl halides is 2. The van der Waals surface area contributed by atoms with Crippen molar-refractivity contribution in [2.24, 2.45) is 34.1 Å². The topological polar surface area (TPSA) is 52.0 Å². The molecule has 0 heterocycles. The molecule has 0 saturated heterocycles. The van der Waals surface area contributed by atoms with E-state index in [1.807, 2.05) is 0 Å². The van der Waals surface area contributed by atoms with Crippen LogP contribution in [0.15, 0.2) is 0 Å². The van der Waals surface area contributed by atoms with E-state index in [2.05, 4.69) is 59.6 Å². The van der Waals surface area contributed by atoms with Crippen molar-refractivity contribution in [3.8, 4) is 0 Å². The number of hydrogen-bond donors (Lipinski definition) is 2. The molecule has 196 valence electrons. The first kappa shape index (κ1) is 30.1. The molecule has 2 rings (SSSR count). The maximum atomic E-state index is 7.38. The van der Waals surface area contributed by atoms with Gasteiger partial charge in [0.1, 0.15) is 0 Å². The summed E-state index contributed by atoms with van der Waals surface area (Å²) in [5.41, 5.74) is 15.2. The lowest BCUT2D eigenvalue weighted by atomic mass is 9.56. The summed E-state index contributed by atoms with van der Waals surface area (Å²) >= 11 is 8.48. The molecule has 0 aliphatic heterocycles. The van der Waals surface area contributed by atoms with Gasteiger partial charge in [-0.2, -0.15) is 0 Å². The zero-order valence-electron chi connectivity index (χ0n) is 22.5. The number of rotatable bonds is 14. The molecule has 4 heteroatoms. The SMILES string of the molecule is CCCCC1(CCCC)CCCC(CC2CCCC(CCCC)(CCCC)C2(N)Br)C1(N)Br. The first-order valence-electron chi connectivity index (χ1n) is 14.6. The molecule has 2 aliphatic carbocycles. The minimum atomic E-state index is -0.265. The maximum absolute atomic E-state index is 7.38. The van der Waals surface area contributed by atoms with E-state index in [0.717, 1.165) is 0 Å². The second-order valence-corrected chi connectivity index (χ2v) is 14.5. The van der Waals surface area contributed by atoms with Crippen LogP contribution >= 0.6 is 31.9 Å². The second kappa shape index (κ2) is 13.4. The van der Waals surface area contributed by atoms with Gasteiger partial charge in [-0.3, -0.25) is 0 Å². The molecular formula is C29H56Br2N2. The molecule has 0 aromatic heterocycles. The molecule has 0 bridgehead atoms. The molecule has 4 N–H and O–H groups in total. The Balaban J connectivity index is 2.28. The van der Waals surface area contributed by atoms with Crippen LogP contribution in [0.1, 0.15) is 150 Å². The molecule has 4 unspecified atom stereocenters. The van der Waals surface area contributed by atoms with E-state index in [1.54, 1.807) is 0 Å². The minimum absolute atomic E-state index is 0.238. The first-order valence-corrected chi connectivity index (χ1v) is 16.2. The van der Waals surface area contributed by atoms with Crippen LogP contribution in [-0.2, 0) is 0 Å². The highest BCUT2D eigenvalue weighted by molar-refractivity contribution is 9.10. The standard InChI is InChI=1S/C29H56Br2N2/c1-5-9-17-26(18-10-6-2)21-13-15-24(28(26,30)32)23-25-16-14-22-27(19-11-7-3,20-12-8-4)29(25,31)33/h24-25H,5-23,32-33H2,1-4H3. The second-order valence-electron chi connectivity index (χ2n) is 11.9. The van der Waals surface area contributed by atoms with Crippen LogP contribution in [0.5, 0.6) is 0 Å². The summed E-state index contributed by atoms with van der Waals surface area (Å²) in [6.07, 6.45) is 24.2. The number of hydrogen-bond acceptors (Lipinski definition) is 2. The van der Waals surface area contributed by atoms with Crippen molar-refractivity contribution in [3.63, 3.8) is 0 Å². The van der Waals surface area contributed by atoms with Gasteiger partial charge in [-0.1, -0.05) is 124 Å². The van der Waals surface area contributed by atoms with Crippen molar-refractivity contribution in [3.05, 3.63) is 0 Å². The Hall–Kier alpha value is 0.880. The monoisotopic (exact) mass is 590 g/mol. The lowest BCUT2D eigenvalue weighted by Gasteiger charge is -2.57. The predicted molar refractivity (Wildman–Crippen MR) is 154 cm³/mol. The molecule has 0 aromatic rings. The molecule has 33 heavy (non-hydrogen) atoms. The molecule has 0 aromatic carbocycles. The average molecular weight is 593 g/mol. The molecular weight excluding hydrogens is 536 g/mol. The van der Waals surface area contributed by atoms with Gasteiger partial charge in [0.2, 0.25) is 0 Å². The third-order valence-electron chi connectivity index (χ3n) is 9.83. The van der Waals surface area contributed by atoms with Gasteiger partial charge in [0.25, 0.3) is 0 Å². The molecule has 2 fully saturated rings. The molecule has 2 aliphatic rings. The van der Waals surface area contributed by atoms with Gasteiger partial charge >= 0.3 is 0 Å². The Labute approximate surface area is 223 Å². The van der Waals surface area contributed by atoms with E-state index in [9.17, 15) is 0 Å². The number of halogens is 2. The summed E-state index contributed by atoms with van der Waals surface area (Å²) in [7, 11) is 0. The average Bonchev–Trinajstić information content (AvgIpc) is 2.78. The van der Waals surface area contributed by atoms with E-state index in [1.165, 1.54) is 122 Å². The summed E-state index contributed by atoms with van der Waals surface area (Å²) in [4.78, 5) is 0. The van der Waals surface area contributed by atoms with Crippen LogP contribution in [-0.4, -0.2) is 8.90 Å². The highest BCUT2D eigenvalue weighted by atomic mass is 79.9. The van der Waals surface area contributed by atoms with Crippen LogP contribution in [0.3, 0.4) is 0 Å². The third-order valence-corrected chi connectivity index (χ3v) is 12.8. The maximum Gasteiger partial charge on any atom is 0.0802 e. The first-order chi connectivity index (χ1) is 15.7. The molecule has 4 atom stereocenters. The van der Waals surface area contributed by atoms with Crippen molar-refractivity contribution in [1.82, 2.24) is 0 Å². The fourth-order valence-corrected chi connectivity index (χ4v) is 9.56. The van der Waals surface area contributed by atoms with Gasteiger partial charge in [0.15, 0.2) is 0 Å². The van der Waals surface area contributed by atoms with Gasteiger partial charge in [-0.05, 0) is 80.5 Å². The fourth-order valence-electron chi connectivity index (χ4n) is 7.54. The highest BCUT2D eigenvalue weighted by Gasteiger charge is 2.57. The summed E-state index contributed by atoms with van der Waals surface area (Å²) in [6, 6.07) is 0. The highest BCUT2D eigenvalue weighted by Crippen LogP contribution is 2.61. The fraction of sp³-hybridized carbons (Fsp3) is 1.00. The molecule has 2 saturated carbocycles. The van der Waals surface area contributed by atoms with Gasteiger partial charge in [-0.15, -0.1) is 0 Å². The zero-order valence-corrected chi connectivity index (χ0v) is 25.7. The Morgan fingerprint density at radius 2 is 0.909 bits per heavy atom. The molecule has 0 radical (unpaired) electrons. The third kappa shape index (κ3) is 6.61. The van der Waals surface area contributed by atoms with E-state index >= 15 is 0 Å². The van der Waals surface area contributed by atoms with Crippen LogP contribution in [0, 0.1) is 22.7 Å². The summed E-state index contributed by atoms with van der Waals surface area (Å²) < 4.78 is -0.531. The van der Waals surface area contributed by atoms with Crippen molar-refractivity contribution in [2.75, 3.05) is 0 Å². The Morgan fingerprint density at radius 1 is 0.606 bits per heavy atom. The predicted octanol–water partition coefficient (Wildman–Crippen LogP) is 9.81. The number of unbranched alkanes of at least 4 members (excludes halogenated alkanes) is 4. The quantitative estimate of drug-likeness (QED) is 0.156. The van der Waals surface area contributed by atoms with Crippen LogP contribution in [0.4, 0.5) is 0 Å². The molecule has 0 spiro atoms. The van der Waals surface area contributed by atoms with Crippen molar-refractivity contribution < 1.29 is 0 Å². The van der Waals surface area contributed by atoms with Crippen molar-refractivity contribution in [2.45, 2.75) is 159 Å².